The normalized spacial score (nSPS) is 11.1. The van der Waals surface area contributed by atoms with Crippen LogP contribution in [0.3, 0.4) is 0 Å². The van der Waals surface area contributed by atoms with Gasteiger partial charge in [0, 0.05) is 39.1 Å². The lowest BCUT2D eigenvalue weighted by Crippen LogP contribution is -2.23. The Hall–Kier alpha value is -1.10. The Morgan fingerprint density at radius 2 is 1.83 bits per heavy atom. The predicted molar refractivity (Wildman–Crippen MR) is 74.5 cm³/mol. The Kier molecular flexibility index (Phi) is 7.41. The third kappa shape index (κ3) is 6.59. The predicted octanol–water partition coefficient (Wildman–Crippen LogP) is 1.75. The van der Waals surface area contributed by atoms with Gasteiger partial charge >= 0.3 is 0 Å². The molecule has 0 aliphatic heterocycles. The van der Waals surface area contributed by atoms with Crippen molar-refractivity contribution in [3.05, 3.63) is 29.8 Å². The summed E-state index contributed by atoms with van der Waals surface area (Å²) in [4.78, 5) is 2.24. The van der Waals surface area contributed by atoms with Crippen LogP contribution < -0.4 is 5.73 Å². The zero-order valence-corrected chi connectivity index (χ0v) is 11.4. The van der Waals surface area contributed by atoms with Crippen LogP contribution in [0.5, 0.6) is 0 Å². The van der Waals surface area contributed by atoms with E-state index < -0.39 is 0 Å². The van der Waals surface area contributed by atoms with E-state index in [-0.39, 0.29) is 0 Å². The molecule has 2 N–H and O–H groups in total. The van der Waals surface area contributed by atoms with Gasteiger partial charge in [-0.05, 0) is 31.2 Å². The van der Waals surface area contributed by atoms with Crippen molar-refractivity contribution in [2.24, 2.45) is 0 Å². The van der Waals surface area contributed by atoms with Crippen LogP contribution in [0.1, 0.15) is 12.0 Å². The van der Waals surface area contributed by atoms with Crippen molar-refractivity contribution < 1.29 is 9.47 Å². The molecule has 1 rings (SSSR count). The first-order chi connectivity index (χ1) is 8.72. The Balaban J connectivity index is 2.10. The molecule has 0 aliphatic rings. The first-order valence-electron chi connectivity index (χ1n) is 6.32. The second-order valence-electron chi connectivity index (χ2n) is 4.44. The lowest BCUT2D eigenvalue weighted by atomic mass is 10.2. The van der Waals surface area contributed by atoms with Crippen LogP contribution in [0.15, 0.2) is 24.3 Å². The summed E-state index contributed by atoms with van der Waals surface area (Å²) in [6.45, 7) is 4.14. The molecule has 0 fully saturated rings. The van der Waals surface area contributed by atoms with Crippen LogP contribution >= 0.6 is 0 Å². The number of anilines is 1. The van der Waals surface area contributed by atoms with E-state index in [0.717, 1.165) is 45.0 Å². The molecule has 18 heavy (non-hydrogen) atoms. The molecule has 0 bridgehead atoms. The van der Waals surface area contributed by atoms with Crippen LogP contribution in [0.2, 0.25) is 0 Å². The molecule has 0 heterocycles. The third-order valence-corrected chi connectivity index (χ3v) is 2.69. The van der Waals surface area contributed by atoms with E-state index in [1.165, 1.54) is 5.56 Å². The number of benzene rings is 1. The van der Waals surface area contributed by atoms with Crippen molar-refractivity contribution in [3.8, 4) is 0 Å². The average molecular weight is 252 g/mol. The van der Waals surface area contributed by atoms with E-state index in [1.807, 2.05) is 12.1 Å². The van der Waals surface area contributed by atoms with Gasteiger partial charge in [-0.2, -0.15) is 0 Å². The molecule has 0 amide bonds. The quantitative estimate of drug-likeness (QED) is 0.537. The minimum atomic E-state index is 0.759. The SMILES string of the molecule is COCCCOCCN(C)Cc1ccc(N)cc1. The van der Waals surface area contributed by atoms with Gasteiger partial charge in [0.15, 0.2) is 0 Å². The molecule has 0 aromatic heterocycles. The Bertz CT molecular complexity index is 314. The van der Waals surface area contributed by atoms with Gasteiger partial charge in [-0.3, -0.25) is 4.90 Å². The standard InChI is InChI=1S/C14H24N2O2/c1-16(8-11-18-10-3-9-17-2)12-13-4-6-14(15)7-5-13/h4-7H,3,8-12,15H2,1-2H3. The first kappa shape index (κ1) is 15.0. The lowest BCUT2D eigenvalue weighted by Gasteiger charge is -2.16. The maximum absolute atomic E-state index is 5.65. The van der Waals surface area contributed by atoms with Crippen molar-refractivity contribution in [1.29, 1.82) is 0 Å². The number of rotatable bonds is 9. The molecule has 0 saturated carbocycles. The Morgan fingerprint density at radius 3 is 2.50 bits per heavy atom. The van der Waals surface area contributed by atoms with Gasteiger partial charge in [0.1, 0.15) is 0 Å². The number of methoxy groups -OCH3 is 1. The van der Waals surface area contributed by atoms with E-state index in [0.29, 0.717) is 0 Å². The van der Waals surface area contributed by atoms with Gasteiger partial charge in [0.05, 0.1) is 6.61 Å². The second kappa shape index (κ2) is 8.91. The van der Waals surface area contributed by atoms with Gasteiger partial charge in [0.2, 0.25) is 0 Å². The fraction of sp³-hybridized carbons (Fsp3) is 0.571. The summed E-state index contributed by atoms with van der Waals surface area (Å²) in [5.74, 6) is 0. The fourth-order valence-corrected chi connectivity index (χ4v) is 1.64. The van der Waals surface area contributed by atoms with Gasteiger partial charge in [0.25, 0.3) is 0 Å². The van der Waals surface area contributed by atoms with E-state index >= 15 is 0 Å². The van der Waals surface area contributed by atoms with Crippen molar-refractivity contribution in [3.63, 3.8) is 0 Å². The molecule has 0 spiro atoms. The summed E-state index contributed by atoms with van der Waals surface area (Å²) in [7, 11) is 3.80. The monoisotopic (exact) mass is 252 g/mol. The smallest absolute Gasteiger partial charge is 0.0593 e. The molecular weight excluding hydrogens is 228 g/mol. The highest BCUT2D eigenvalue weighted by molar-refractivity contribution is 5.39. The molecular formula is C14H24N2O2. The van der Waals surface area contributed by atoms with E-state index in [2.05, 4.69) is 24.1 Å². The number of hydrogen-bond donors (Lipinski definition) is 1. The van der Waals surface area contributed by atoms with Crippen LogP contribution in [0.4, 0.5) is 5.69 Å². The largest absolute Gasteiger partial charge is 0.399 e. The number of nitrogens with zero attached hydrogens (tertiary/aromatic N) is 1. The zero-order chi connectivity index (χ0) is 13.2. The summed E-state index contributed by atoms with van der Waals surface area (Å²) in [6, 6.07) is 7.99. The van der Waals surface area contributed by atoms with Crippen LogP contribution in [-0.4, -0.2) is 45.4 Å². The van der Waals surface area contributed by atoms with Crippen LogP contribution in [0.25, 0.3) is 0 Å². The zero-order valence-electron chi connectivity index (χ0n) is 11.4. The van der Waals surface area contributed by atoms with Crippen LogP contribution in [-0.2, 0) is 16.0 Å². The lowest BCUT2D eigenvalue weighted by molar-refractivity contribution is 0.0876. The minimum Gasteiger partial charge on any atom is -0.399 e. The number of nitrogens with two attached hydrogens (primary N) is 1. The molecule has 1 aromatic rings. The molecule has 4 heteroatoms. The molecule has 1 aromatic carbocycles. The number of nitrogen functional groups attached to an aromatic ring is 1. The first-order valence-corrected chi connectivity index (χ1v) is 6.32. The highest BCUT2D eigenvalue weighted by atomic mass is 16.5. The fourth-order valence-electron chi connectivity index (χ4n) is 1.64. The molecule has 4 nitrogen and oxygen atoms in total. The van der Waals surface area contributed by atoms with Crippen molar-refractivity contribution in [2.75, 3.05) is 46.3 Å². The molecule has 0 radical (unpaired) electrons. The Morgan fingerprint density at radius 1 is 1.11 bits per heavy atom. The summed E-state index contributed by atoms with van der Waals surface area (Å²) in [6.07, 6.45) is 0.957. The highest BCUT2D eigenvalue weighted by Crippen LogP contribution is 2.07. The molecule has 0 aliphatic carbocycles. The van der Waals surface area contributed by atoms with Gasteiger partial charge in [-0.25, -0.2) is 0 Å². The van der Waals surface area contributed by atoms with Gasteiger partial charge in [-0.15, -0.1) is 0 Å². The molecule has 0 saturated heterocycles. The number of hydrogen-bond acceptors (Lipinski definition) is 4. The Labute approximate surface area is 110 Å². The molecule has 0 unspecified atom stereocenters. The summed E-state index contributed by atoms with van der Waals surface area (Å²) in [5, 5.41) is 0. The number of ether oxygens (including phenoxy) is 2. The molecule has 102 valence electrons. The van der Waals surface area contributed by atoms with E-state index in [4.69, 9.17) is 15.2 Å². The van der Waals surface area contributed by atoms with Gasteiger partial charge in [-0.1, -0.05) is 12.1 Å². The second-order valence-corrected chi connectivity index (χ2v) is 4.44. The maximum atomic E-state index is 5.65. The van der Waals surface area contributed by atoms with E-state index in [1.54, 1.807) is 7.11 Å². The van der Waals surface area contributed by atoms with Gasteiger partial charge < -0.3 is 15.2 Å². The minimum absolute atomic E-state index is 0.759. The van der Waals surface area contributed by atoms with E-state index in [9.17, 15) is 0 Å². The summed E-state index contributed by atoms with van der Waals surface area (Å²) in [5.41, 5.74) is 7.73. The summed E-state index contributed by atoms with van der Waals surface area (Å²) >= 11 is 0. The average Bonchev–Trinajstić information content (AvgIpc) is 2.36. The third-order valence-electron chi connectivity index (χ3n) is 2.69. The number of likely N-dealkylation sites (N-methyl/N-ethyl adjacent to an activating group) is 1. The highest BCUT2D eigenvalue weighted by Gasteiger charge is 2.00. The maximum Gasteiger partial charge on any atom is 0.0593 e. The topological polar surface area (TPSA) is 47.7 Å². The van der Waals surface area contributed by atoms with Crippen molar-refractivity contribution in [1.82, 2.24) is 4.90 Å². The molecule has 0 atom stereocenters. The van der Waals surface area contributed by atoms with Crippen molar-refractivity contribution in [2.45, 2.75) is 13.0 Å². The van der Waals surface area contributed by atoms with Crippen LogP contribution in [0, 0.1) is 0 Å². The van der Waals surface area contributed by atoms with Crippen molar-refractivity contribution >= 4 is 5.69 Å². The summed E-state index contributed by atoms with van der Waals surface area (Å²) < 4.78 is 10.5.